The normalized spacial score (nSPS) is 21.6. The molecule has 0 spiro atoms. The molecule has 1 unspecified atom stereocenters. The van der Waals surface area contributed by atoms with Crippen LogP contribution < -0.4 is 15.5 Å². The van der Waals surface area contributed by atoms with E-state index in [1.165, 1.54) is 17.7 Å². The third-order valence-corrected chi connectivity index (χ3v) is 14.7. The molecule has 3 aliphatic heterocycles. The number of likely N-dealkylation sites (tertiary alicyclic amines) is 2. The summed E-state index contributed by atoms with van der Waals surface area (Å²) >= 11 is 1.60. The van der Waals surface area contributed by atoms with E-state index >= 15 is 0 Å². The number of hydrogen-bond acceptors (Lipinski definition) is 14. The molecule has 8 rings (SSSR count). The van der Waals surface area contributed by atoms with Crippen LogP contribution in [0.4, 0.5) is 11.5 Å². The van der Waals surface area contributed by atoms with Crippen LogP contribution in [0.3, 0.4) is 0 Å². The zero-order valence-electron chi connectivity index (χ0n) is 39.2. The van der Waals surface area contributed by atoms with E-state index < -0.39 is 18.1 Å². The molecule has 0 saturated carbocycles. The smallest absolute Gasteiger partial charge is 0.243 e. The van der Waals surface area contributed by atoms with Gasteiger partial charge in [0.15, 0.2) is 5.82 Å². The first-order valence-corrected chi connectivity index (χ1v) is 24.5. The molecule has 15 nitrogen and oxygen atoms in total. The van der Waals surface area contributed by atoms with E-state index in [4.69, 9.17) is 4.52 Å². The average molecular weight is 919 g/mol. The third-order valence-electron chi connectivity index (χ3n) is 13.7. The summed E-state index contributed by atoms with van der Waals surface area (Å²) in [6.07, 6.45) is 3.46. The molecule has 352 valence electrons. The number of benzene rings is 2. The number of rotatable bonds is 16. The minimum Gasteiger partial charge on any atom is -0.507 e. The Bertz CT molecular complexity index is 2420. The molecule has 6 heterocycles. The number of nitrogens with one attached hydrogen (secondary N) is 2. The number of para-hydroxylation sites is 1. The monoisotopic (exact) mass is 918 g/mol. The van der Waals surface area contributed by atoms with Crippen molar-refractivity contribution in [3.8, 4) is 27.4 Å². The Labute approximate surface area is 392 Å². The molecule has 3 saturated heterocycles. The second-order valence-electron chi connectivity index (χ2n) is 18.9. The van der Waals surface area contributed by atoms with Crippen LogP contribution in [0.2, 0.25) is 0 Å². The number of aliphatic hydroxyl groups is 1. The van der Waals surface area contributed by atoms with Gasteiger partial charge >= 0.3 is 0 Å². The van der Waals surface area contributed by atoms with Gasteiger partial charge in [0, 0.05) is 70.4 Å². The van der Waals surface area contributed by atoms with Crippen molar-refractivity contribution in [3.05, 3.63) is 88.9 Å². The second kappa shape index (κ2) is 21.0. The van der Waals surface area contributed by atoms with E-state index in [9.17, 15) is 19.8 Å². The lowest BCUT2D eigenvalue weighted by Crippen LogP contribution is -2.54. The molecule has 2 aromatic carbocycles. The number of aryl methyl sites for hydroxylation is 2. The number of phenols is 1. The zero-order chi connectivity index (χ0) is 46.5. The van der Waals surface area contributed by atoms with E-state index in [1.54, 1.807) is 17.4 Å². The quantitative estimate of drug-likeness (QED) is 0.0820. The summed E-state index contributed by atoms with van der Waals surface area (Å²) in [5.74, 6) is 0.766. The average Bonchev–Trinajstić information content (AvgIpc) is 4.06. The van der Waals surface area contributed by atoms with Crippen molar-refractivity contribution in [3.63, 3.8) is 0 Å². The first-order chi connectivity index (χ1) is 31.9. The Morgan fingerprint density at radius 1 is 0.985 bits per heavy atom. The highest BCUT2D eigenvalue weighted by Crippen LogP contribution is 2.35. The number of carbonyl (C=O) groups is 2. The van der Waals surface area contributed by atoms with Crippen molar-refractivity contribution in [2.45, 2.75) is 96.9 Å². The second-order valence-corrected chi connectivity index (χ2v) is 19.8. The van der Waals surface area contributed by atoms with Gasteiger partial charge in [0.1, 0.15) is 23.5 Å². The molecule has 4 N–H and O–H groups in total. The first-order valence-electron chi connectivity index (χ1n) is 23.7. The minimum atomic E-state index is -0.794. The number of β-amino-alcohol motifs (C(OH)–C–C–N with tert-alkyl or cyclic N) is 1. The molecule has 2 amide bonds. The lowest BCUT2D eigenvalue weighted by atomic mass is 9.91. The van der Waals surface area contributed by atoms with Gasteiger partial charge in [0.25, 0.3) is 0 Å². The fourth-order valence-corrected chi connectivity index (χ4v) is 11.0. The summed E-state index contributed by atoms with van der Waals surface area (Å²) in [5.41, 5.74) is 8.01. The standard InChI is InChI=1S/C50H66N10O5S/c1-31(2)46(50(64)60-29-39(61)24-43(60)49(63)53-33(4)36-15-17-37(18-16-36)47-34(5)52-30-66-47)45-23-38(56-65-45)12-10-20-57-19-9-11-35(27-57)28-58-21-22-59(32(3)26-58)42-25-41(54-55-48(42)51-6)40-13-7-8-14-44(40)62/h7-8,13-18,23,25,30-33,35,39,43,46,61-62H,9-12,19-22,24,26-29H2,1-6H3,(H,51,55)(H,53,63)/t32-,33-,35?,39+,43-,46+/m0/s1. The van der Waals surface area contributed by atoms with Crippen LogP contribution in [-0.4, -0.2) is 135 Å². The number of amides is 2. The molecule has 66 heavy (non-hydrogen) atoms. The predicted octanol–water partition coefficient (Wildman–Crippen LogP) is 6.74. The predicted molar refractivity (Wildman–Crippen MR) is 258 cm³/mol. The minimum absolute atomic E-state index is 0.0913. The molecule has 16 heteroatoms. The van der Waals surface area contributed by atoms with Crippen LogP contribution >= 0.6 is 11.3 Å². The number of aliphatic hydroxyl groups excluding tert-OH is 1. The molecule has 6 atom stereocenters. The summed E-state index contributed by atoms with van der Waals surface area (Å²) in [4.78, 5) is 42.7. The zero-order valence-corrected chi connectivity index (χ0v) is 40.0. The summed E-state index contributed by atoms with van der Waals surface area (Å²) in [6.45, 7) is 17.2. The molecular weight excluding hydrogens is 853 g/mol. The van der Waals surface area contributed by atoms with Gasteiger partial charge in [-0.3, -0.25) is 14.5 Å². The topological polar surface area (TPSA) is 176 Å². The molecule has 3 aliphatic rings. The van der Waals surface area contributed by atoms with E-state index in [-0.39, 0.29) is 48.5 Å². The van der Waals surface area contributed by atoms with Crippen molar-refractivity contribution in [2.75, 3.05) is 69.6 Å². The fraction of sp³-hybridized carbons (Fsp3) is 0.520. The Hall–Kier alpha value is -5.42. The molecule has 3 fully saturated rings. The molecule has 5 aromatic rings. The Morgan fingerprint density at radius 3 is 2.52 bits per heavy atom. The largest absolute Gasteiger partial charge is 0.507 e. The number of carbonyl (C=O) groups excluding carboxylic acids is 2. The van der Waals surface area contributed by atoms with Crippen LogP contribution in [0.25, 0.3) is 21.7 Å². The van der Waals surface area contributed by atoms with Crippen molar-refractivity contribution in [2.24, 2.45) is 11.8 Å². The maximum absolute atomic E-state index is 14.3. The SMILES string of the molecule is CNc1nnc(-c2ccccc2O)cc1N1CCN(CC2CCCN(CCCc3cc([C@H](C(=O)N4C[C@H](O)C[C@H]4C(=O)N[C@@H](C)c4ccc(-c5scnc5C)cc4)C(C)C)on3)C2)C[C@@H]1C. The highest BCUT2D eigenvalue weighted by molar-refractivity contribution is 7.13. The number of thiazole rings is 1. The van der Waals surface area contributed by atoms with Gasteiger partial charge in [-0.2, -0.15) is 0 Å². The number of aromatic nitrogens is 4. The number of nitrogens with zero attached hydrogens (tertiary/aromatic N) is 8. The van der Waals surface area contributed by atoms with Gasteiger partial charge in [-0.1, -0.05) is 55.4 Å². The third kappa shape index (κ3) is 10.7. The summed E-state index contributed by atoms with van der Waals surface area (Å²) < 4.78 is 5.88. The molecular formula is C50H66N10O5S. The van der Waals surface area contributed by atoms with Crippen molar-refractivity contribution in [1.82, 2.24) is 40.4 Å². The lowest BCUT2D eigenvalue weighted by Gasteiger charge is -2.43. The number of anilines is 2. The highest BCUT2D eigenvalue weighted by Gasteiger charge is 2.43. The van der Waals surface area contributed by atoms with Crippen molar-refractivity contribution >= 4 is 34.7 Å². The van der Waals surface area contributed by atoms with Crippen LogP contribution in [0.1, 0.15) is 88.0 Å². The summed E-state index contributed by atoms with van der Waals surface area (Å²) in [5, 5.41) is 40.9. The molecule has 3 aromatic heterocycles. The van der Waals surface area contributed by atoms with E-state index in [0.717, 1.165) is 97.6 Å². The van der Waals surface area contributed by atoms with Gasteiger partial charge < -0.3 is 40.1 Å². The van der Waals surface area contributed by atoms with Gasteiger partial charge in [-0.15, -0.1) is 21.5 Å². The Balaban J connectivity index is 0.813. The molecule has 0 radical (unpaired) electrons. The molecule has 0 aliphatic carbocycles. The van der Waals surface area contributed by atoms with Crippen LogP contribution in [0, 0.1) is 18.8 Å². The van der Waals surface area contributed by atoms with E-state index in [2.05, 4.69) is 52.6 Å². The number of piperazine rings is 1. The van der Waals surface area contributed by atoms with Gasteiger partial charge in [0.05, 0.1) is 45.3 Å². The van der Waals surface area contributed by atoms with Crippen molar-refractivity contribution < 1.29 is 24.3 Å². The first kappa shape index (κ1) is 47.1. The lowest BCUT2D eigenvalue weighted by molar-refractivity contribution is -0.141. The number of hydrogen-bond donors (Lipinski definition) is 4. The van der Waals surface area contributed by atoms with Gasteiger partial charge in [-0.05, 0) is 101 Å². The number of piperidine rings is 1. The van der Waals surface area contributed by atoms with Gasteiger partial charge in [-0.25, -0.2) is 4.98 Å². The fourth-order valence-electron chi connectivity index (χ4n) is 10.2. The summed E-state index contributed by atoms with van der Waals surface area (Å²) in [7, 11) is 1.87. The van der Waals surface area contributed by atoms with Crippen LogP contribution in [0.5, 0.6) is 5.75 Å². The highest BCUT2D eigenvalue weighted by atomic mass is 32.1. The van der Waals surface area contributed by atoms with E-state index in [1.807, 2.05) is 94.9 Å². The van der Waals surface area contributed by atoms with Crippen LogP contribution in [0.15, 0.2) is 70.7 Å². The van der Waals surface area contributed by atoms with Crippen LogP contribution in [-0.2, 0) is 16.0 Å². The molecule has 0 bridgehead atoms. The van der Waals surface area contributed by atoms with E-state index in [0.29, 0.717) is 22.9 Å². The maximum atomic E-state index is 14.3. The van der Waals surface area contributed by atoms with Crippen molar-refractivity contribution in [1.29, 1.82) is 0 Å². The Kier molecular flexibility index (Phi) is 15.0. The summed E-state index contributed by atoms with van der Waals surface area (Å²) in [6, 6.07) is 18.5. The Morgan fingerprint density at radius 2 is 1.79 bits per heavy atom. The number of aromatic hydroxyl groups is 1. The maximum Gasteiger partial charge on any atom is 0.243 e. The number of phenolic OH excluding ortho intramolecular Hbond substituents is 1. The van der Waals surface area contributed by atoms with Gasteiger partial charge in [0.2, 0.25) is 11.8 Å².